The Bertz CT molecular complexity index is 692. The Morgan fingerprint density at radius 2 is 1.85 bits per heavy atom. The van der Waals surface area contributed by atoms with Gasteiger partial charge in [0.2, 0.25) is 0 Å². The Morgan fingerprint density at radius 3 is 2.50 bits per heavy atom. The summed E-state index contributed by atoms with van der Waals surface area (Å²) in [7, 11) is 0. The first kappa shape index (κ1) is 18.9. The number of amides is 1. The van der Waals surface area contributed by atoms with E-state index in [0.29, 0.717) is 0 Å². The van der Waals surface area contributed by atoms with Crippen molar-refractivity contribution in [3.63, 3.8) is 0 Å². The van der Waals surface area contributed by atoms with Crippen molar-refractivity contribution in [2.75, 3.05) is 37.6 Å². The van der Waals surface area contributed by atoms with Crippen molar-refractivity contribution in [2.24, 2.45) is 0 Å². The monoisotopic (exact) mass is 371 g/mol. The van der Waals surface area contributed by atoms with Crippen LogP contribution in [0.1, 0.15) is 34.8 Å². The molecule has 1 unspecified atom stereocenters. The summed E-state index contributed by atoms with van der Waals surface area (Å²) in [6.45, 7) is 9.56. The van der Waals surface area contributed by atoms with Gasteiger partial charge in [-0.3, -0.25) is 9.69 Å². The molecule has 140 valence electrons. The molecule has 0 bridgehead atoms. The fourth-order valence-corrected chi connectivity index (χ4v) is 4.15. The van der Waals surface area contributed by atoms with Gasteiger partial charge < -0.3 is 10.2 Å². The highest BCUT2D eigenvalue weighted by Crippen LogP contribution is 2.18. The summed E-state index contributed by atoms with van der Waals surface area (Å²) in [5.74, 6) is 0.0658. The van der Waals surface area contributed by atoms with Gasteiger partial charge in [-0.15, -0.1) is 11.3 Å². The van der Waals surface area contributed by atoms with Crippen molar-refractivity contribution in [1.29, 1.82) is 0 Å². The van der Waals surface area contributed by atoms with Crippen LogP contribution >= 0.6 is 11.3 Å². The first-order valence-corrected chi connectivity index (χ1v) is 10.4. The molecule has 2 heterocycles. The molecule has 1 aliphatic rings. The van der Waals surface area contributed by atoms with E-state index in [1.54, 1.807) is 11.3 Å². The van der Waals surface area contributed by atoms with Crippen LogP contribution in [0.15, 0.2) is 42.5 Å². The lowest BCUT2D eigenvalue weighted by Gasteiger charge is -2.36. The molecule has 1 fully saturated rings. The van der Waals surface area contributed by atoms with Crippen molar-refractivity contribution in [3.8, 4) is 0 Å². The Hall–Kier alpha value is -1.85. The Labute approximate surface area is 160 Å². The first-order valence-electron chi connectivity index (χ1n) is 9.57. The third-order valence-electron chi connectivity index (χ3n) is 4.98. The SMILES string of the molecule is CCc1ccc(C(=O)NC(C)CCN2CCN(c3ccccc3)CC2)s1. The van der Waals surface area contributed by atoms with E-state index < -0.39 is 0 Å². The summed E-state index contributed by atoms with van der Waals surface area (Å²) in [4.78, 5) is 19.4. The molecule has 1 aromatic heterocycles. The van der Waals surface area contributed by atoms with Crippen LogP contribution in [0.25, 0.3) is 0 Å². The fourth-order valence-electron chi connectivity index (χ4n) is 3.30. The van der Waals surface area contributed by atoms with E-state index in [4.69, 9.17) is 0 Å². The van der Waals surface area contributed by atoms with Gasteiger partial charge in [-0.25, -0.2) is 0 Å². The van der Waals surface area contributed by atoms with Crippen molar-refractivity contribution in [3.05, 3.63) is 52.2 Å². The number of carbonyl (C=O) groups excluding carboxylic acids is 1. The average Bonchev–Trinajstić information content (AvgIpc) is 3.17. The molecule has 0 spiro atoms. The maximum absolute atomic E-state index is 12.3. The highest BCUT2D eigenvalue weighted by atomic mass is 32.1. The Balaban J connectivity index is 1.38. The van der Waals surface area contributed by atoms with Gasteiger partial charge in [0.05, 0.1) is 4.88 Å². The largest absolute Gasteiger partial charge is 0.369 e. The second-order valence-corrected chi connectivity index (χ2v) is 8.12. The predicted molar refractivity (Wildman–Crippen MR) is 110 cm³/mol. The maximum Gasteiger partial charge on any atom is 0.261 e. The van der Waals surface area contributed by atoms with Gasteiger partial charge in [-0.1, -0.05) is 25.1 Å². The number of hydrogen-bond donors (Lipinski definition) is 1. The lowest BCUT2D eigenvalue weighted by molar-refractivity contribution is 0.0939. The minimum atomic E-state index is 0.0658. The summed E-state index contributed by atoms with van der Waals surface area (Å²) in [6, 6.07) is 14.8. The van der Waals surface area contributed by atoms with Gasteiger partial charge in [-0.05, 0) is 44.0 Å². The van der Waals surface area contributed by atoms with E-state index in [1.165, 1.54) is 10.6 Å². The molecule has 2 aromatic rings. The number of nitrogens with zero attached hydrogens (tertiary/aromatic N) is 2. The highest BCUT2D eigenvalue weighted by Gasteiger charge is 2.18. The number of nitrogens with one attached hydrogen (secondary N) is 1. The molecule has 1 N–H and O–H groups in total. The topological polar surface area (TPSA) is 35.6 Å². The van der Waals surface area contributed by atoms with Crippen LogP contribution in [0.2, 0.25) is 0 Å². The number of piperazine rings is 1. The maximum atomic E-state index is 12.3. The standard InChI is InChI=1S/C21H29N3OS/c1-3-19-9-10-20(26-19)21(25)22-17(2)11-12-23-13-15-24(16-14-23)18-7-5-4-6-8-18/h4-10,17H,3,11-16H2,1-2H3,(H,22,25). The van der Waals surface area contributed by atoms with E-state index in [-0.39, 0.29) is 11.9 Å². The molecule has 1 atom stereocenters. The van der Waals surface area contributed by atoms with E-state index >= 15 is 0 Å². The normalized spacial score (nSPS) is 16.5. The van der Waals surface area contributed by atoms with Gasteiger partial charge in [0.15, 0.2) is 0 Å². The quantitative estimate of drug-likeness (QED) is 0.807. The molecule has 1 aromatic carbocycles. The fraction of sp³-hybridized carbons (Fsp3) is 0.476. The molecule has 3 rings (SSSR count). The molecule has 1 aliphatic heterocycles. The molecule has 26 heavy (non-hydrogen) atoms. The average molecular weight is 372 g/mol. The van der Waals surface area contributed by atoms with Crippen molar-refractivity contribution in [2.45, 2.75) is 32.7 Å². The van der Waals surface area contributed by atoms with Crippen LogP contribution < -0.4 is 10.2 Å². The molecule has 1 saturated heterocycles. The number of rotatable bonds is 7. The predicted octanol–water partition coefficient (Wildman–Crippen LogP) is 3.64. The minimum absolute atomic E-state index is 0.0658. The number of thiophene rings is 1. The van der Waals surface area contributed by atoms with Crippen LogP contribution in [0.4, 0.5) is 5.69 Å². The second-order valence-electron chi connectivity index (χ2n) is 6.95. The van der Waals surface area contributed by atoms with Crippen molar-refractivity contribution in [1.82, 2.24) is 10.2 Å². The summed E-state index contributed by atoms with van der Waals surface area (Å²) in [5, 5.41) is 3.14. The first-order chi connectivity index (χ1) is 12.7. The smallest absolute Gasteiger partial charge is 0.261 e. The molecule has 0 saturated carbocycles. The van der Waals surface area contributed by atoms with Crippen LogP contribution in [0.5, 0.6) is 0 Å². The third kappa shape index (κ3) is 5.08. The number of anilines is 1. The number of carbonyl (C=O) groups is 1. The van der Waals surface area contributed by atoms with Gasteiger partial charge in [0, 0.05) is 49.3 Å². The Kier molecular flexibility index (Phi) is 6.69. The lowest BCUT2D eigenvalue weighted by Crippen LogP contribution is -2.47. The van der Waals surface area contributed by atoms with E-state index in [9.17, 15) is 4.79 Å². The summed E-state index contributed by atoms with van der Waals surface area (Å²) in [5.41, 5.74) is 1.31. The van der Waals surface area contributed by atoms with E-state index in [1.807, 2.05) is 6.07 Å². The van der Waals surface area contributed by atoms with Gasteiger partial charge in [0.1, 0.15) is 0 Å². The second kappa shape index (κ2) is 9.19. The summed E-state index contributed by atoms with van der Waals surface area (Å²) in [6.07, 6.45) is 1.98. The molecule has 4 nitrogen and oxygen atoms in total. The molecule has 5 heteroatoms. The lowest BCUT2D eigenvalue weighted by atomic mass is 10.2. The Morgan fingerprint density at radius 1 is 1.12 bits per heavy atom. The molecular formula is C21H29N3OS. The third-order valence-corrected chi connectivity index (χ3v) is 6.21. The summed E-state index contributed by atoms with van der Waals surface area (Å²) >= 11 is 1.60. The van der Waals surface area contributed by atoms with Crippen LogP contribution in [-0.4, -0.2) is 49.6 Å². The van der Waals surface area contributed by atoms with Gasteiger partial charge in [0.25, 0.3) is 5.91 Å². The van der Waals surface area contributed by atoms with Gasteiger partial charge in [-0.2, -0.15) is 0 Å². The zero-order chi connectivity index (χ0) is 18.4. The zero-order valence-electron chi connectivity index (χ0n) is 15.8. The van der Waals surface area contributed by atoms with Crippen molar-refractivity contribution < 1.29 is 4.79 Å². The van der Waals surface area contributed by atoms with Crippen LogP contribution in [0, 0.1) is 0 Å². The number of hydrogen-bond acceptors (Lipinski definition) is 4. The number of para-hydroxylation sites is 1. The number of aryl methyl sites for hydroxylation is 1. The van der Waals surface area contributed by atoms with Crippen molar-refractivity contribution >= 4 is 22.9 Å². The number of benzene rings is 1. The molecular weight excluding hydrogens is 342 g/mol. The highest BCUT2D eigenvalue weighted by molar-refractivity contribution is 7.14. The zero-order valence-corrected chi connectivity index (χ0v) is 16.6. The molecule has 1 amide bonds. The van der Waals surface area contributed by atoms with Gasteiger partial charge >= 0.3 is 0 Å². The van der Waals surface area contributed by atoms with Crippen LogP contribution in [-0.2, 0) is 6.42 Å². The summed E-state index contributed by atoms with van der Waals surface area (Å²) < 4.78 is 0. The van der Waals surface area contributed by atoms with E-state index in [0.717, 1.165) is 50.4 Å². The molecule has 0 aliphatic carbocycles. The van der Waals surface area contributed by atoms with Crippen LogP contribution in [0.3, 0.4) is 0 Å². The molecule has 0 radical (unpaired) electrons. The minimum Gasteiger partial charge on any atom is -0.369 e. The van der Waals surface area contributed by atoms with E-state index in [2.05, 4.69) is 65.4 Å².